The van der Waals surface area contributed by atoms with Gasteiger partial charge in [-0.05, 0) is 69.0 Å². The maximum Gasteiger partial charge on any atom is 0.230 e. The summed E-state index contributed by atoms with van der Waals surface area (Å²) in [7, 11) is 0. The molecule has 3 aromatic rings. The van der Waals surface area contributed by atoms with Crippen molar-refractivity contribution >= 4 is 39.8 Å². The Labute approximate surface area is 203 Å². The summed E-state index contributed by atoms with van der Waals surface area (Å²) in [6.45, 7) is 9.75. The lowest BCUT2D eigenvalue weighted by Gasteiger charge is -2.12. The van der Waals surface area contributed by atoms with Gasteiger partial charge in [0, 0.05) is 12.2 Å². The van der Waals surface area contributed by atoms with Crippen LogP contribution in [0.25, 0.3) is 0 Å². The van der Waals surface area contributed by atoms with Crippen LogP contribution in [0, 0.1) is 13.8 Å². The molecule has 0 aliphatic heterocycles. The normalized spacial score (nSPS) is 10.7. The average molecular weight is 487 g/mol. The number of thioether (sulfide) groups is 1. The van der Waals surface area contributed by atoms with Gasteiger partial charge in [0.2, 0.25) is 11.0 Å². The lowest BCUT2D eigenvalue weighted by atomic mass is 10.1. The molecular weight excluding hydrogens is 456 g/mol. The zero-order valence-electron chi connectivity index (χ0n) is 19.4. The molecule has 0 unspecified atom stereocenters. The molecule has 0 saturated carbocycles. The van der Waals surface area contributed by atoms with Crippen LogP contribution >= 0.6 is 23.1 Å². The molecule has 0 fully saturated rings. The fraction of sp³-hybridized carbons (Fsp3) is 0.375. The van der Waals surface area contributed by atoms with Crippen molar-refractivity contribution in [2.24, 2.45) is 0 Å². The number of carbonyl (C=O) groups is 1. The Kier molecular flexibility index (Phi) is 9.38. The summed E-state index contributed by atoms with van der Waals surface area (Å²) in [5.41, 5.74) is 4.50. The van der Waals surface area contributed by atoms with E-state index in [1.165, 1.54) is 34.2 Å². The van der Waals surface area contributed by atoms with E-state index in [0.29, 0.717) is 37.1 Å². The Bertz CT molecular complexity index is 1070. The number of nitrogens with one attached hydrogen (secondary N) is 2. The SMILES string of the molecule is CCOc1ccc(CCNC(=O)CSc2nnc(Nc3cccc(C)c3C)s2)cc1OCC. The largest absolute Gasteiger partial charge is 0.490 e. The highest BCUT2D eigenvalue weighted by atomic mass is 32.2. The van der Waals surface area contributed by atoms with Crippen molar-refractivity contribution < 1.29 is 14.3 Å². The number of hydrogen-bond acceptors (Lipinski definition) is 8. The molecule has 1 aromatic heterocycles. The summed E-state index contributed by atoms with van der Waals surface area (Å²) < 4.78 is 12.0. The molecule has 176 valence electrons. The summed E-state index contributed by atoms with van der Waals surface area (Å²) in [5, 5.41) is 15.4. The summed E-state index contributed by atoms with van der Waals surface area (Å²) in [5.74, 6) is 1.74. The minimum Gasteiger partial charge on any atom is -0.490 e. The van der Waals surface area contributed by atoms with E-state index < -0.39 is 0 Å². The van der Waals surface area contributed by atoms with Crippen LogP contribution in [0.5, 0.6) is 11.5 Å². The second-order valence-corrected chi connectivity index (χ2v) is 9.48. The predicted molar refractivity (Wildman–Crippen MR) is 135 cm³/mol. The number of carbonyl (C=O) groups excluding carboxylic acids is 1. The van der Waals surface area contributed by atoms with Gasteiger partial charge in [-0.3, -0.25) is 4.79 Å². The first-order chi connectivity index (χ1) is 16.0. The Hall–Kier alpha value is -2.78. The van der Waals surface area contributed by atoms with E-state index in [-0.39, 0.29) is 5.91 Å². The molecule has 1 heterocycles. The zero-order valence-corrected chi connectivity index (χ0v) is 21.1. The van der Waals surface area contributed by atoms with Gasteiger partial charge < -0.3 is 20.1 Å². The van der Waals surface area contributed by atoms with E-state index in [2.05, 4.69) is 40.7 Å². The van der Waals surface area contributed by atoms with Crippen molar-refractivity contribution in [2.75, 3.05) is 30.8 Å². The highest BCUT2D eigenvalue weighted by molar-refractivity contribution is 8.01. The highest BCUT2D eigenvalue weighted by Crippen LogP contribution is 2.30. The first-order valence-corrected chi connectivity index (χ1v) is 12.7. The van der Waals surface area contributed by atoms with Crippen molar-refractivity contribution in [3.05, 3.63) is 53.1 Å². The fourth-order valence-electron chi connectivity index (χ4n) is 3.10. The molecule has 0 aliphatic carbocycles. The van der Waals surface area contributed by atoms with Gasteiger partial charge in [-0.15, -0.1) is 10.2 Å². The van der Waals surface area contributed by atoms with E-state index in [1.54, 1.807) is 0 Å². The quantitative estimate of drug-likeness (QED) is 0.343. The number of aromatic nitrogens is 2. The highest BCUT2D eigenvalue weighted by Gasteiger charge is 2.10. The minimum atomic E-state index is -0.0322. The Morgan fingerprint density at radius 1 is 1.06 bits per heavy atom. The van der Waals surface area contributed by atoms with Gasteiger partial charge in [0.05, 0.1) is 19.0 Å². The zero-order chi connectivity index (χ0) is 23.6. The fourth-order valence-corrected chi connectivity index (χ4v) is 4.69. The number of amides is 1. The Balaban J connectivity index is 1.44. The maximum atomic E-state index is 12.3. The van der Waals surface area contributed by atoms with Crippen LogP contribution in [0.2, 0.25) is 0 Å². The maximum absolute atomic E-state index is 12.3. The second kappa shape index (κ2) is 12.5. The number of aryl methyl sites for hydroxylation is 1. The molecule has 7 nitrogen and oxygen atoms in total. The topological polar surface area (TPSA) is 85.4 Å². The number of ether oxygens (including phenoxy) is 2. The Morgan fingerprint density at radius 3 is 2.64 bits per heavy atom. The summed E-state index contributed by atoms with van der Waals surface area (Å²) in [6, 6.07) is 12.0. The molecule has 0 radical (unpaired) electrons. The van der Waals surface area contributed by atoms with Gasteiger partial charge in [0.25, 0.3) is 0 Å². The summed E-state index contributed by atoms with van der Waals surface area (Å²) >= 11 is 2.83. The van der Waals surface area contributed by atoms with E-state index in [0.717, 1.165) is 27.1 Å². The van der Waals surface area contributed by atoms with Crippen LogP contribution in [0.4, 0.5) is 10.8 Å². The first-order valence-electron chi connectivity index (χ1n) is 10.9. The molecule has 9 heteroatoms. The molecule has 0 spiro atoms. The van der Waals surface area contributed by atoms with Crippen LogP contribution in [-0.2, 0) is 11.2 Å². The van der Waals surface area contributed by atoms with Crippen molar-refractivity contribution in [1.82, 2.24) is 15.5 Å². The number of hydrogen-bond donors (Lipinski definition) is 2. The van der Waals surface area contributed by atoms with Crippen molar-refractivity contribution in [3.8, 4) is 11.5 Å². The van der Waals surface area contributed by atoms with Gasteiger partial charge >= 0.3 is 0 Å². The second-order valence-electron chi connectivity index (χ2n) is 7.28. The monoisotopic (exact) mass is 486 g/mol. The van der Waals surface area contributed by atoms with E-state index >= 15 is 0 Å². The third kappa shape index (κ3) is 7.36. The molecule has 33 heavy (non-hydrogen) atoms. The number of nitrogens with zero attached hydrogens (tertiary/aromatic N) is 2. The van der Waals surface area contributed by atoms with Crippen molar-refractivity contribution in [2.45, 2.75) is 38.5 Å². The number of benzene rings is 2. The predicted octanol–water partition coefficient (Wildman–Crippen LogP) is 5.15. The van der Waals surface area contributed by atoms with Gasteiger partial charge in [-0.1, -0.05) is 41.3 Å². The standard InChI is InChI=1S/C24H30N4O3S2/c1-5-30-20-11-10-18(14-21(20)31-6-2)12-13-25-22(29)15-32-24-28-27-23(33-24)26-19-9-7-8-16(3)17(19)4/h7-11,14H,5-6,12-13,15H2,1-4H3,(H,25,29)(H,26,27). The molecule has 0 atom stereocenters. The van der Waals surface area contributed by atoms with E-state index in [4.69, 9.17) is 9.47 Å². The van der Waals surface area contributed by atoms with Crippen LogP contribution in [0.15, 0.2) is 40.7 Å². The molecule has 2 aromatic carbocycles. The van der Waals surface area contributed by atoms with Crippen LogP contribution in [0.1, 0.15) is 30.5 Å². The molecule has 0 aliphatic rings. The molecule has 3 rings (SSSR count). The molecule has 0 saturated heterocycles. The smallest absolute Gasteiger partial charge is 0.230 e. The average Bonchev–Trinajstić information content (AvgIpc) is 3.25. The lowest BCUT2D eigenvalue weighted by Crippen LogP contribution is -2.27. The Morgan fingerprint density at radius 2 is 1.85 bits per heavy atom. The van der Waals surface area contributed by atoms with E-state index in [1.807, 2.05) is 44.2 Å². The molecular formula is C24H30N4O3S2. The third-order valence-corrected chi connectivity index (χ3v) is 6.90. The lowest BCUT2D eigenvalue weighted by molar-refractivity contribution is -0.118. The van der Waals surface area contributed by atoms with E-state index in [9.17, 15) is 4.79 Å². The number of rotatable bonds is 12. The van der Waals surface area contributed by atoms with Crippen molar-refractivity contribution in [3.63, 3.8) is 0 Å². The third-order valence-electron chi connectivity index (χ3n) is 4.92. The minimum absolute atomic E-state index is 0.0322. The molecule has 1 amide bonds. The van der Waals surface area contributed by atoms with Crippen molar-refractivity contribution in [1.29, 1.82) is 0 Å². The van der Waals surface area contributed by atoms with Gasteiger partial charge in [-0.25, -0.2) is 0 Å². The van der Waals surface area contributed by atoms with Crippen LogP contribution in [-0.4, -0.2) is 41.6 Å². The summed E-state index contributed by atoms with van der Waals surface area (Å²) in [6.07, 6.45) is 0.714. The van der Waals surface area contributed by atoms with Crippen LogP contribution in [0.3, 0.4) is 0 Å². The van der Waals surface area contributed by atoms with Gasteiger partial charge in [0.1, 0.15) is 0 Å². The molecule has 2 N–H and O–H groups in total. The first kappa shape index (κ1) is 24.9. The number of anilines is 2. The summed E-state index contributed by atoms with van der Waals surface area (Å²) in [4.78, 5) is 12.3. The van der Waals surface area contributed by atoms with Gasteiger partial charge in [-0.2, -0.15) is 0 Å². The molecule has 0 bridgehead atoms. The van der Waals surface area contributed by atoms with Crippen LogP contribution < -0.4 is 20.1 Å². The van der Waals surface area contributed by atoms with Gasteiger partial charge in [0.15, 0.2) is 15.8 Å².